The van der Waals surface area contributed by atoms with E-state index >= 15 is 0 Å². The van der Waals surface area contributed by atoms with Gasteiger partial charge in [-0.3, -0.25) is 4.98 Å². The molecule has 0 unspecified atom stereocenters. The van der Waals surface area contributed by atoms with Crippen molar-refractivity contribution in [2.45, 2.75) is 0 Å². The van der Waals surface area contributed by atoms with E-state index in [-0.39, 0.29) is 0 Å². The van der Waals surface area contributed by atoms with E-state index in [4.69, 9.17) is 5.41 Å². The molecule has 13 heavy (non-hydrogen) atoms. The Kier molecular flexibility index (Phi) is 1.05. The largest absolute Gasteiger partial charge is 0.361 e. The Morgan fingerprint density at radius 3 is 3.15 bits per heavy atom. The minimum Gasteiger partial charge on any atom is -0.361 e. The Morgan fingerprint density at radius 2 is 2.23 bits per heavy atom. The van der Waals surface area contributed by atoms with Crippen LogP contribution in [0, 0.1) is 5.41 Å². The maximum absolute atomic E-state index is 7.55. The van der Waals surface area contributed by atoms with Crippen molar-refractivity contribution in [3.8, 4) is 0 Å². The van der Waals surface area contributed by atoms with Gasteiger partial charge in [-0.05, 0) is 18.2 Å². The second-order valence-electron chi connectivity index (χ2n) is 3.11. The third-order valence-corrected chi connectivity index (χ3v) is 2.25. The van der Waals surface area contributed by atoms with Crippen LogP contribution in [0.3, 0.4) is 0 Å². The summed E-state index contributed by atoms with van der Waals surface area (Å²) in [6, 6.07) is 5.59. The SMILES string of the molecule is N=c1cc2ncc3cc[nH]c(c1)c32. The topological polar surface area (TPSA) is 52.5 Å². The van der Waals surface area contributed by atoms with Gasteiger partial charge in [0, 0.05) is 23.2 Å². The summed E-state index contributed by atoms with van der Waals surface area (Å²) in [5, 5.41) is 10.3. The number of H-pyrrole nitrogens is 1. The maximum Gasteiger partial charge on any atom is 0.0750 e. The highest BCUT2D eigenvalue weighted by Gasteiger charge is 2.03. The van der Waals surface area contributed by atoms with Gasteiger partial charge in [0.2, 0.25) is 0 Å². The summed E-state index contributed by atoms with van der Waals surface area (Å²) < 4.78 is 0. The minimum absolute atomic E-state index is 0.495. The zero-order valence-electron chi connectivity index (χ0n) is 6.83. The molecule has 2 aromatic heterocycles. The van der Waals surface area contributed by atoms with Crippen LogP contribution >= 0.6 is 0 Å². The number of benzene rings is 1. The Bertz CT molecular complexity index is 624. The summed E-state index contributed by atoms with van der Waals surface area (Å²) in [7, 11) is 0. The van der Waals surface area contributed by atoms with E-state index in [2.05, 4.69) is 9.97 Å². The summed E-state index contributed by atoms with van der Waals surface area (Å²) in [5.41, 5.74) is 1.88. The Morgan fingerprint density at radius 1 is 1.31 bits per heavy atom. The van der Waals surface area contributed by atoms with Gasteiger partial charge in [-0.1, -0.05) is 0 Å². The molecule has 3 rings (SSSR count). The van der Waals surface area contributed by atoms with E-state index in [0.29, 0.717) is 5.36 Å². The number of rotatable bonds is 0. The molecular weight excluding hydrogens is 162 g/mol. The molecule has 2 heterocycles. The molecule has 0 amide bonds. The summed E-state index contributed by atoms with van der Waals surface area (Å²) in [4.78, 5) is 7.35. The van der Waals surface area contributed by atoms with Crippen LogP contribution in [0.1, 0.15) is 0 Å². The van der Waals surface area contributed by atoms with Gasteiger partial charge in [0.25, 0.3) is 0 Å². The third kappa shape index (κ3) is 0.783. The molecule has 1 aromatic carbocycles. The number of nitrogens with one attached hydrogen (secondary N) is 2. The lowest BCUT2D eigenvalue weighted by atomic mass is 10.1. The molecule has 3 aromatic rings. The highest BCUT2D eigenvalue weighted by atomic mass is 14.7. The van der Waals surface area contributed by atoms with Crippen molar-refractivity contribution in [2.24, 2.45) is 0 Å². The van der Waals surface area contributed by atoms with Crippen LogP contribution < -0.4 is 5.36 Å². The predicted molar refractivity (Wildman–Crippen MR) is 50.6 cm³/mol. The monoisotopic (exact) mass is 169 g/mol. The first-order chi connectivity index (χ1) is 6.34. The van der Waals surface area contributed by atoms with Crippen molar-refractivity contribution in [3.63, 3.8) is 0 Å². The highest BCUT2D eigenvalue weighted by molar-refractivity contribution is 6.07. The molecule has 3 nitrogen and oxygen atoms in total. The average molecular weight is 169 g/mol. The van der Waals surface area contributed by atoms with Crippen LogP contribution in [0.4, 0.5) is 0 Å². The summed E-state index contributed by atoms with van der Waals surface area (Å²) in [6.45, 7) is 0. The van der Waals surface area contributed by atoms with Crippen molar-refractivity contribution in [1.29, 1.82) is 5.41 Å². The molecule has 3 heteroatoms. The minimum atomic E-state index is 0.495. The van der Waals surface area contributed by atoms with Crippen molar-refractivity contribution < 1.29 is 0 Å². The van der Waals surface area contributed by atoms with E-state index < -0.39 is 0 Å². The van der Waals surface area contributed by atoms with Gasteiger partial charge in [-0.2, -0.15) is 0 Å². The van der Waals surface area contributed by atoms with Crippen molar-refractivity contribution in [2.75, 3.05) is 0 Å². The number of aromatic nitrogens is 2. The fourth-order valence-electron chi connectivity index (χ4n) is 1.70. The van der Waals surface area contributed by atoms with Crippen LogP contribution in [0.25, 0.3) is 21.8 Å². The van der Waals surface area contributed by atoms with E-state index in [0.717, 1.165) is 21.8 Å². The van der Waals surface area contributed by atoms with Gasteiger partial charge in [-0.25, -0.2) is 0 Å². The first-order valence-electron chi connectivity index (χ1n) is 4.09. The molecule has 0 bridgehead atoms. The molecule has 0 aliphatic carbocycles. The van der Waals surface area contributed by atoms with Gasteiger partial charge in [0.1, 0.15) is 0 Å². The Hall–Kier alpha value is -1.90. The van der Waals surface area contributed by atoms with E-state index in [1.165, 1.54) is 0 Å². The van der Waals surface area contributed by atoms with Gasteiger partial charge in [-0.15, -0.1) is 0 Å². The van der Waals surface area contributed by atoms with Crippen molar-refractivity contribution in [3.05, 3.63) is 36.0 Å². The molecule has 0 aliphatic rings. The second-order valence-corrected chi connectivity index (χ2v) is 3.11. The van der Waals surface area contributed by atoms with E-state index in [9.17, 15) is 0 Å². The van der Waals surface area contributed by atoms with Crippen molar-refractivity contribution in [1.82, 2.24) is 9.97 Å². The lowest BCUT2D eigenvalue weighted by molar-refractivity contribution is 1.28. The standard InChI is InChI=1S/C10H7N3/c11-7-3-8-10-6(1-2-12-8)5-13-9(10)4-7/h1-5,11-12H. The fourth-order valence-corrected chi connectivity index (χ4v) is 1.70. The molecule has 0 fully saturated rings. The molecule has 0 saturated heterocycles. The average Bonchev–Trinajstić information content (AvgIpc) is 2.50. The Labute approximate surface area is 73.9 Å². The predicted octanol–water partition coefficient (Wildman–Crippen LogP) is 1.63. The van der Waals surface area contributed by atoms with Crippen LogP contribution in [0.2, 0.25) is 0 Å². The summed E-state index contributed by atoms with van der Waals surface area (Å²) in [5.74, 6) is 0. The molecular formula is C10H7N3. The van der Waals surface area contributed by atoms with E-state index in [1.54, 1.807) is 6.07 Å². The van der Waals surface area contributed by atoms with Gasteiger partial charge in [0.05, 0.1) is 16.4 Å². The fraction of sp³-hybridized carbons (Fsp3) is 0. The lowest BCUT2D eigenvalue weighted by Crippen LogP contribution is -1.96. The van der Waals surface area contributed by atoms with Crippen LogP contribution in [0.15, 0.2) is 30.6 Å². The van der Waals surface area contributed by atoms with Crippen LogP contribution in [-0.2, 0) is 0 Å². The van der Waals surface area contributed by atoms with Gasteiger partial charge >= 0.3 is 0 Å². The molecule has 0 aliphatic heterocycles. The number of aromatic amines is 1. The summed E-state index contributed by atoms with van der Waals surface area (Å²) in [6.07, 6.45) is 3.71. The van der Waals surface area contributed by atoms with Crippen molar-refractivity contribution >= 4 is 21.8 Å². The third-order valence-electron chi connectivity index (χ3n) is 2.25. The quantitative estimate of drug-likeness (QED) is 0.528. The smallest absolute Gasteiger partial charge is 0.0750 e. The molecule has 0 saturated carbocycles. The molecule has 0 atom stereocenters. The van der Waals surface area contributed by atoms with Crippen LogP contribution in [0.5, 0.6) is 0 Å². The number of hydrogen-bond donors (Lipinski definition) is 2. The van der Waals surface area contributed by atoms with Gasteiger partial charge in [0.15, 0.2) is 0 Å². The summed E-state index contributed by atoms with van der Waals surface area (Å²) >= 11 is 0. The number of hydrogen-bond acceptors (Lipinski definition) is 2. The molecule has 2 N–H and O–H groups in total. The van der Waals surface area contributed by atoms with Gasteiger partial charge < -0.3 is 10.4 Å². The number of pyridine rings is 1. The molecule has 0 radical (unpaired) electrons. The zero-order chi connectivity index (χ0) is 8.84. The zero-order valence-corrected chi connectivity index (χ0v) is 6.83. The molecule has 62 valence electrons. The van der Waals surface area contributed by atoms with Crippen LogP contribution in [-0.4, -0.2) is 9.97 Å². The first kappa shape index (κ1) is 6.60. The normalized spacial score (nSPS) is 11.4. The Balaban J connectivity index is 2.78. The van der Waals surface area contributed by atoms with E-state index in [1.807, 2.05) is 24.5 Å². The highest BCUT2D eigenvalue weighted by Crippen LogP contribution is 2.21. The maximum atomic E-state index is 7.55. The number of nitrogens with zero attached hydrogens (tertiary/aromatic N) is 1. The lowest BCUT2D eigenvalue weighted by Gasteiger charge is -1.96. The molecule has 0 spiro atoms. The second kappa shape index (κ2) is 2.07. The first-order valence-corrected chi connectivity index (χ1v) is 4.09.